The molecule has 0 spiro atoms. The second kappa shape index (κ2) is 8.17. The van der Waals surface area contributed by atoms with Crippen LogP contribution in [-0.2, 0) is 0 Å². The normalized spacial score (nSPS) is 13.0. The van der Waals surface area contributed by atoms with Crippen molar-refractivity contribution in [3.8, 4) is 0 Å². The largest absolute Gasteiger partial charge is 0.314 e. The van der Waals surface area contributed by atoms with Crippen LogP contribution in [0.3, 0.4) is 0 Å². The fourth-order valence-electron chi connectivity index (χ4n) is 1.79. The van der Waals surface area contributed by atoms with Crippen LogP contribution < -0.4 is 5.32 Å². The van der Waals surface area contributed by atoms with E-state index < -0.39 is 0 Å². The van der Waals surface area contributed by atoms with Crippen LogP contribution in [0.4, 0.5) is 0 Å². The van der Waals surface area contributed by atoms with Gasteiger partial charge in [-0.3, -0.25) is 0 Å². The van der Waals surface area contributed by atoms with Crippen molar-refractivity contribution in [1.82, 2.24) is 5.32 Å². The zero-order valence-corrected chi connectivity index (χ0v) is 13.3. The van der Waals surface area contributed by atoms with Gasteiger partial charge in [0.2, 0.25) is 0 Å². The Bertz CT molecular complexity index is 328. The zero-order chi connectivity index (χ0) is 12.7. The zero-order valence-electron chi connectivity index (χ0n) is 10.9. The Hall–Kier alpha value is 0.01000. The van der Waals surface area contributed by atoms with Crippen LogP contribution in [0.25, 0.3) is 0 Å². The maximum absolute atomic E-state index is 3.55. The molecule has 1 atom stereocenters. The third-order valence-corrected chi connectivity index (χ3v) is 3.90. The summed E-state index contributed by atoms with van der Waals surface area (Å²) in [5.41, 5.74) is 1.43. The molecule has 1 aromatic rings. The van der Waals surface area contributed by atoms with E-state index in [2.05, 4.69) is 65.6 Å². The summed E-state index contributed by atoms with van der Waals surface area (Å²) in [4.78, 5) is 0. The monoisotopic (exact) mass is 315 g/mol. The van der Waals surface area contributed by atoms with Crippen LogP contribution in [-0.4, -0.2) is 24.6 Å². The topological polar surface area (TPSA) is 12.0 Å². The molecule has 0 fully saturated rings. The minimum absolute atomic E-state index is 0.555. The van der Waals surface area contributed by atoms with Crippen molar-refractivity contribution in [2.24, 2.45) is 0 Å². The molecule has 0 aliphatic heterocycles. The molecule has 0 aromatic heterocycles. The Morgan fingerprint density at radius 3 is 2.71 bits per heavy atom. The van der Waals surface area contributed by atoms with Gasteiger partial charge in [-0.1, -0.05) is 41.9 Å². The van der Waals surface area contributed by atoms with Crippen molar-refractivity contribution in [1.29, 1.82) is 0 Å². The number of benzene rings is 1. The first-order chi connectivity index (χ1) is 8.13. The Morgan fingerprint density at radius 1 is 1.35 bits per heavy atom. The number of rotatable bonds is 7. The highest BCUT2D eigenvalue weighted by Gasteiger charge is 2.11. The second-order valence-electron chi connectivity index (χ2n) is 4.60. The third kappa shape index (κ3) is 5.94. The summed E-state index contributed by atoms with van der Waals surface area (Å²) in [6.07, 6.45) is 3.41. The number of hydrogen-bond donors (Lipinski definition) is 1. The van der Waals surface area contributed by atoms with Gasteiger partial charge in [-0.25, -0.2) is 0 Å². The van der Waals surface area contributed by atoms with E-state index in [0.29, 0.717) is 12.0 Å². The number of hydrogen-bond acceptors (Lipinski definition) is 2. The molecule has 3 heteroatoms. The molecule has 0 heterocycles. The van der Waals surface area contributed by atoms with E-state index in [9.17, 15) is 0 Å². The number of nitrogens with one attached hydrogen (secondary N) is 1. The molecule has 0 saturated carbocycles. The predicted molar refractivity (Wildman–Crippen MR) is 83.0 cm³/mol. The highest BCUT2D eigenvalue weighted by atomic mass is 79.9. The first kappa shape index (κ1) is 15.1. The summed E-state index contributed by atoms with van der Waals surface area (Å²) in [6.45, 7) is 5.47. The molecule has 1 nitrogen and oxygen atoms in total. The van der Waals surface area contributed by atoms with Crippen LogP contribution >= 0.6 is 27.7 Å². The first-order valence-corrected chi connectivity index (χ1v) is 8.30. The molecule has 0 aliphatic rings. The molecule has 0 radical (unpaired) electrons. The lowest BCUT2D eigenvalue weighted by Crippen LogP contribution is -2.28. The van der Waals surface area contributed by atoms with Gasteiger partial charge < -0.3 is 5.32 Å². The average Bonchev–Trinajstić information content (AvgIpc) is 2.29. The predicted octanol–water partition coefficient (Wildman–Crippen LogP) is 4.28. The van der Waals surface area contributed by atoms with Gasteiger partial charge in [-0.15, -0.1) is 0 Å². The van der Waals surface area contributed by atoms with Crippen LogP contribution in [0, 0.1) is 0 Å². The van der Waals surface area contributed by atoms with Gasteiger partial charge in [0, 0.05) is 17.1 Å². The molecule has 1 N–H and O–H groups in total. The molecule has 0 amide bonds. The van der Waals surface area contributed by atoms with Gasteiger partial charge in [-0.05, 0) is 42.0 Å². The van der Waals surface area contributed by atoms with Crippen LogP contribution in [0.15, 0.2) is 28.7 Å². The van der Waals surface area contributed by atoms with Crippen molar-refractivity contribution < 1.29 is 0 Å². The molecule has 17 heavy (non-hydrogen) atoms. The van der Waals surface area contributed by atoms with E-state index >= 15 is 0 Å². The summed E-state index contributed by atoms with van der Waals surface area (Å²) in [5, 5.41) is 3.55. The van der Waals surface area contributed by atoms with Gasteiger partial charge in [0.25, 0.3) is 0 Å². The third-order valence-electron chi connectivity index (χ3n) is 2.76. The van der Waals surface area contributed by atoms with E-state index in [4.69, 9.17) is 0 Å². The van der Waals surface area contributed by atoms with Crippen LogP contribution in [0.2, 0.25) is 0 Å². The van der Waals surface area contributed by atoms with Crippen LogP contribution in [0.5, 0.6) is 0 Å². The van der Waals surface area contributed by atoms with Gasteiger partial charge in [0.05, 0.1) is 0 Å². The van der Waals surface area contributed by atoms with Gasteiger partial charge in [-0.2, -0.15) is 11.8 Å². The van der Waals surface area contributed by atoms with E-state index in [1.807, 2.05) is 11.8 Å². The van der Waals surface area contributed by atoms with E-state index in [1.165, 1.54) is 22.2 Å². The highest BCUT2D eigenvalue weighted by molar-refractivity contribution is 9.10. The van der Waals surface area contributed by atoms with Gasteiger partial charge >= 0.3 is 0 Å². The molecule has 0 saturated heterocycles. The van der Waals surface area contributed by atoms with E-state index in [0.717, 1.165) is 6.54 Å². The van der Waals surface area contributed by atoms with Crippen molar-refractivity contribution in [2.75, 3.05) is 18.6 Å². The quantitative estimate of drug-likeness (QED) is 0.805. The lowest BCUT2D eigenvalue weighted by atomic mass is 9.96. The minimum Gasteiger partial charge on any atom is -0.314 e. The summed E-state index contributed by atoms with van der Waals surface area (Å²) in [5.74, 6) is 1.83. The van der Waals surface area contributed by atoms with Crippen molar-refractivity contribution in [3.05, 3.63) is 34.3 Å². The Labute approximate surface area is 118 Å². The van der Waals surface area contributed by atoms with Crippen LogP contribution in [0.1, 0.15) is 31.7 Å². The molecular formula is C14H22BrNS. The molecule has 0 aliphatic carbocycles. The molecule has 1 aromatic carbocycles. The first-order valence-electron chi connectivity index (χ1n) is 6.11. The van der Waals surface area contributed by atoms with E-state index in [1.54, 1.807) is 0 Å². The fraction of sp³-hybridized carbons (Fsp3) is 0.571. The summed E-state index contributed by atoms with van der Waals surface area (Å²) in [6, 6.07) is 9.25. The SMILES string of the molecule is CSCCC(CNC(C)C)c1cccc(Br)c1. The lowest BCUT2D eigenvalue weighted by molar-refractivity contribution is 0.522. The number of thioether (sulfide) groups is 1. The highest BCUT2D eigenvalue weighted by Crippen LogP contribution is 2.23. The van der Waals surface area contributed by atoms with E-state index in [-0.39, 0.29) is 0 Å². The Morgan fingerprint density at radius 2 is 2.12 bits per heavy atom. The number of halogens is 1. The maximum atomic E-state index is 3.55. The van der Waals surface area contributed by atoms with Gasteiger partial charge in [0.15, 0.2) is 0 Å². The summed E-state index contributed by atoms with van der Waals surface area (Å²) < 4.78 is 1.17. The molecule has 1 unspecified atom stereocenters. The van der Waals surface area contributed by atoms with Crippen molar-refractivity contribution >= 4 is 27.7 Å². The summed E-state index contributed by atoms with van der Waals surface area (Å²) in [7, 11) is 0. The average molecular weight is 316 g/mol. The smallest absolute Gasteiger partial charge is 0.0178 e. The minimum atomic E-state index is 0.555. The molecular weight excluding hydrogens is 294 g/mol. The lowest BCUT2D eigenvalue weighted by Gasteiger charge is -2.19. The standard InChI is InChI=1S/C14H22BrNS/c1-11(2)16-10-13(7-8-17-3)12-5-4-6-14(15)9-12/h4-6,9,11,13,16H,7-8,10H2,1-3H3. The van der Waals surface area contributed by atoms with Crippen molar-refractivity contribution in [3.63, 3.8) is 0 Å². The molecule has 0 bridgehead atoms. The summed E-state index contributed by atoms with van der Waals surface area (Å²) >= 11 is 5.48. The maximum Gasteiger partial charge on any atom is 0.0178 e. The molecule has 1 rings (SSSR count). The second-order valence-corrected chi connectivity index (χ2v) is 6.50. The Balaban J connectivity index is 2.67. The van der Waals surface area contributed by atoms with Gasteiger partial charge in [0.1, 0.15) is 0 Å². The Kier molecular flexibility index (Phi) is 7.24. The fourth-order valence-corrected chi connectivity index (χ4v) is 2.72. The van der Waals surface area contributed by atoms with Crippen molar-refractivity contribution in [2.45, 2.75) is 32.2 Å². The molecule has 96 valence electrons.